The largest absolute Gasteiger partial charge is 0.489 e. The number of rotatable bonds is 12. The van der Waals surface area contributed by atoms with Crippen molar-refractivity contribution in [1.82, 2.24) is 5.32 Å². The van der Waals surface area contributed by atoms with Crippen molar-refractivity contribution in [3.05, 3.63) is 159 Å². The van der Waals surface area contributed by atoms with Crippen molar-refractivity contribution in [2.75, 3.05) is 10.6 Å². The molecule has 1 unspecified atom stereocenters. The fraction of sp³-hybridized carbons (Fsp3) is 0.0789. The zero-order chi connectivity index (χ0) is 33.0. The van der Waals surface area contributed by atoms with Crippen LogP contribution in [0.2, 0.25) is 0 Å². The molecule has 3 N–H and O–H groups in total. The Kier molecular flexibility index (Phi) is 11.8. The van der Waals surface area contributed by atoms with Gasteiger partial charge in [0.2, 0.25) is 5.91 Å². The first-order chi connectivity index (χ1) is 22.8. The zero-order valence-electron chi connectivity index (χ0n) is 25.5. The second kappa shape index (κ2) is 16.6. The average Bonchev–Trinajstić information content (AvgIpc) is 3.10. The van der Waals surface area contributed by atoms with E-state index in [4.69, 9.17) is 4.74 Å². The SMILES string of the molecule is CC(Sc1ccc(NC(=O)/C(=C/c2ccc(OCc3ccccc3)cc2)NC(=O)c2ccccc2)cc1)C(=O)Nc1ccc(I)cc1. The number of thioether (sulfide) groups is 1. The highest BCUT2D eigenvalue weighted by molar-refractivity contribution is 14.1. The Morgan fingerprint density at radius 3 is 2.00 bits per heavy atom. The van der Waals surface area contributed by atoms with Crippen LogP contribution in [0.4, 0.5) is 11.4 Å². The molecule has 3 amide bonds. The monoisotopic (exact) mass is 753 g/mol. The van der Waals surface area contributed by atoms with E-state index in [0.29, 0.717) is 29.2 Å². The Morgan fingerprint density at radius 1 is 0.745 bits per heavy atom. The van der Waals surface area contributed by atoms with Gasteiger partial charge in [-0.15, -0.1) is 11.8 Å². The van der Waals surface area contributed by atoms with Crippen LogP contribution in [0, 0.1) is 3.57 Å². The normalized spacial score (nSPS) is 11.7. The summed E-state index contributed by atoms with van der Waals surface area (Å²) in [5, 5.41) is 8.23. The number of hydrogen-bond donors (Lipinski definition) is 3. The summed E-state index contributed by atoms with van der Waals surface area (Å²) in [5.74, 6) is -0.304. The van der Waals surface area contributed by atoms with E-state index in [1.54, 1.807) is 42.5 Å². The first-order valence-electron chi connectivity index (χ1n) is 14.8. The third-order valence-corrected chi connectivity index (χ3v) is 8.71. The van der Waals surface area contributed by atoms with Crippen molar-refractivity contribution in [2.24, 2.45) is 0 Å². The Morgan fingerprint density at radius 2 is 1.34 bits per heavy atom. The fourth-order valence-corrected chi connectivity index (χ4v) is 5.59. The first kappa shape index (κ1) is 33.5. The third kappa shape index (κ3) is 10.3. The highest BCUT2D eigenvalue weighted by Crippen LogP contribution is 2.26. The molecule has 0 heterocycles. The summed E-state index contributed by atoms with van der Waals surface area (Å²) in [6.45, 7) is 2.28. The summed E-state index contributed by atoms with van der Waals surface area (Å²) >= 11 is 3.63. The van der Waals surface area contributed by atoms with Crippen molar-refractivity contribution >= 4 is 69.5 Å². The number of halogens is 1. The topological polar surface area (TPSA) is 96.5 Å². The molecule has 0 saturated heterocycles. The standard InChI is InChI=1S/C38H32IN3O4S/c1-26(36(43)40-31-16-14-30(39)15-17-31)47-34-22-18-32(19-23-34)41-38(45)35(42-37(44)29-10-6-3-7-11-29)24-27-12-20-33(21-13-27)46-25-28-8-4-2-5-9-28/h2-24,26H,25H2,1H3,(H,40,43)(H,41,45)(H,42,44)/b35-24-. The number of amides is 3. The molecular formula is C38H32IN3O4S. The summed E-state index contributed by atoms with van der Waals surface area (Å²) < 4.78 is 6.98. The molecule has 5 aromatic rings. The Labute approximate surface area is 292 Å². The second-order valence-electron chi connectivity index (χ2n) is 10.5. The molecule has 5 rings (SSSR count). The first-order valence-corrected chi connectivity index (χ1v) is 16.8. The van der Waals surface area contributed by atoms with E-state index in [9.17, 15) is 14.4 Å². The Bertz CT molecular complexity index is 1830. The van der Waals surface area contributed by atoms with Crippen LogP contribution in [0.3, 0.4) is 0 Å². The third-order valence-electron chi connectivity index (χ3n) is 6.87. The number of ether oxygens (including phenoxy) is 1. The van der Waals surface area contributed by atoms with Crippen molar-refractivity contribution in [1.29, 1.82) is 0 Å². The van der Waals surface area contributed by atoms with Gasteiger partial charge in [0.05, 0.1) is 5.25 Å². The lowest BCUT2D eigenvalue weighted by molar-refractivity contribution is -0.115. The van der Waals surface area contributed by atoms with E-state index < -0.39 is 11.8 Å². The van der Waals surface area contributed by atoms with Gasteiger partial charge in [-0.2, -0.15) is 0 Å². The van der Waals surface area contributed by atoms with Crippen LogP contribution < -0.4 is 20.7 Å². The van der Waals surface area contributed by atoms with Gasteiger partial charge in [0.25, 0.3) is 11.8 Å². The number of anilines is 2. The molecule has 47 heavy (non-hydrogen) atoms. The van der Waals surface area contributed by atoms with Crippen LogP contribution in [-0.4, -0.2) is 23.0 Å². The fourth-order valence-electron chi connectivity index (χ4n) is 4.36. The van der Waals surface area contributed by atoms with Gasteiger partial charge in [-0.05, 0) is 120 Å². The van der Waals surface area contributed by atoms with Gasteiger partial charge in [0.15, 0.2) is 0 Å². The lowest BCUT2D eigenvalue weighted by Crippen LogP contribution is -2.30. The van der Waals surface area contributed by atoms with E-state index in [1.165, 1.54) is 11.8 Å². The molecule has 0 aliphatic heterocycles. The van der Waals surface area contributed by atoms with Gasteiger partial charge >= 0.3 is 0 Å². The van der Waals surface area contributed by atoms with Crippen LogP contribution in [-0.2, 0) is 16.2 Å². The predicted octanol–water partition coefficient (Wildman–Crippen LogP) is 8.40. The summed E-state index contributed by atoms with van der Waals surface area (Å²) in [6, 6.07) is 40.7. The molecule has 0 fully saturated rings. The maximum Gasteiger partial charge on any atom is 0.272 e. The number of carbonyl (C=O) groups is 3. The Balaban J connectivity index is 1.24. The van der Waals surface area contributed by atoms with Crippen LogP contribution in [0.5, 0.6) is 5.75 Å². The van der Waals surface area contributed by atoms with Crippen molar-refractivity contribution in [3.8, 4) is 5.75 Å². The van der Waals surface area contributed by atoms with Gasteiger partial charge in [-0.3, -0.25) is 14.4 Å². The van der Waals surface area contributed by atoms with Gasteiger partial charge in [-0.25, -0.2) is 0 Å². The van der Waals surface area contributed by atoms with Crippen LogP contribution in [0.15, 0.2) is 144 Å². The molecule has 0 spiro atoms. The summed E-state index contributed by atoms with van der Waals surface area (Å²) in [4.78, 5) is 40.1. The number of hydrogen-bond acceptors (Lipinski definition) is 5. The van der Waals surface area contributed by atoms with Gasteiger partial charge in [0, 0.05) is 25.4 Å². The lowest BCUT2D eigenvalue weighted by atomic mass is 10.1. The van der Waals surface area contributed by atoms with Crippen LogP contribution >= 0.6 is 34.4 Å². The van der Waals surface area contributed by atoms with Crippen LogP contribution in [0.25, 0.3) is 6.08 Å². The quantitative estimate of drug-likeness (QED) is 0.0676. The summed E-state index contributed by atoms with van der Waals surface area (Å²) in [6.07, 6.45) is 1.62. The number of carbonyl (C=O) groups excluding carboxylic acids is 3. The van der Waals surface area contributed by atoms with E-state index >= 15 is 0 Å². The molecule has 1 atom stereocenters. The van der Waals surface area contributed by atoms with E-state index in [1.807, 2.05) is 104 Å². The number of benzene rings is 5. The smallest absolute Gasteiger partial charge is 0.272 e. The number of nitrogens with one attached hydrogen (secondary N) is 3. The maximum absolute atomic E-state index is 13.5. The Hall–Kier alpha value is -4.87. The molecule has 0 bridgehead atoms. The molecule has 0 aliphatic rings. The van der Waals surface area contributed by atoms with Crippen molar-refractivity contribution in [3.63, 3.8) is 0 Å². The highest BCUT2D eigenvalue weighted by Gasteiger charge is 2.17. The van der Waals surface area contributed by atoms with Crippen LogP contribution in [0.1, 0.15) is 28.4 Å². The van der Waals surface area contributed by atoms with Gasteiger partial charge in [0.1, 0.15) is 18.1 Å². The molecular weight excluding hydrogens is 721 g/mol. The van der Waals surface area contributed by atoms with Crippen molar-refractivity contribution in [2.45, 2.75) is 23.7 Å². The predicted molar refractivity (Wildman–Crippen MR) is 197 cm³/mol. The minimum Gasteiger partial charge on any atom is -0.489 e. The zero-order valence-corrected chi connectivity index (χ0v) is 28.5. The van der Waals surface area contributed by atoms with Gasteiger partial charge in [-0.1, -0.05) is 60.7 Å². The molecule has 0 radical (unpaired) electrons. The maximum atomic E-state index is 13.5. The van der Waals surface area contributed by atoms with Gasteiger partial charge < -0.3 is 20.7 Å². The lowest BCUT2D eigenvalue weighted by Gasteiger charge is -2.14. The average molecular weight is 754 g/mol. The summed E-state index contributed by atoms with van der Waals surface area (Å²) in [7, 11) is 0. The van der Waals surface area contributed by atoms with E-state index in [2.05, 4.69) is 38.5 Å². The van der Waals surface area contributed by atoms with E-state index in [-0.39, 0.29) is 16.9 Å². The molecule has 9 heteroatoms. The minimum atomic E-state index is -0.482. The molecule has 236 valence electrons. The molecule has 5 aromatic carbocycles. The molecule has 0 aliphatic carbocycles. The summed E-state index contributed by atoms with van der Waals surface area (Å²) in [5.41, 5.74) is 3.56. The molecule has 7 nitrogen and oxygen atoms in total. The highest BCUT2D eigenvalue weighted by atomic mass is 127. The minimum absolute atomic E-state index is 0.0798. The van der Waals surface area contributed by atoms with E-state index in [0.717, 1.165) is 19.7 Å². The second-order valence-corrected chi connectivity index (χ2v) is 13.1. The molecule has 0 aromatic heterocycles. The molecule has 0 saturated carbocycles. The van der Waals surface area contributed by atoms with Crippen molar-refractivity contribution < 1.29 is 19.1 Å².